The third-order valence-electron chi connectivity index (χ3n) is 3.35. The van der Waals surface area contributed by atoms with Gasteiger partial charge >= 0.3 is 0 Å². The Morgan fingerprint density at radius 1 is 1.55 bits per heavy atom. The first-order valence-corrected chi connectivity index (χ1v) is 8.02. The van der Waals surface area contributed by atoms with Gasteiger partial charge in [-0.15, -0.1) is 0 Å². The zero-order valence-corrected chi connectivity index (χ0v) is 12.5. The molecule has 3 N–H and O–H groups in total. The lowest BCUT2D eigenvalue weighted by molar-refractivity contribution is 0.180. The molecule has 0 radical (unpaired) electrons. The molecule has 0 aromatic heterocycles. The van der Waals surface area contributed by atoms with Gasteiger partial charge in [-0.3, -0.25) is 0 Å². The molecule has 5 nitrogen and oxygen atoms in total. The van der Waals surface area contributed by atoms with Crippen molar-refractivity contribution in [3.63, 3.8) is 0 Å². The van der Waals surface area contributed by atoms with Gasteiger partial charge in [-0.1, -0.05) is 11.6 Å². The number of anilines is 1. The lowest BCUT2D eigenvalue weighted by Gasteiger charge is -2.19. The third kappa shape index (κ3) is 3.22. The highest BCUT2D eigenvalue weighted by Gasteiger charge is 2.28. The van der Waals surface area contributed by atoms with E-state index in [4.69, 9.17) is 22.1 Å². The Bertz CT molecular complexity index is 603. The molecule has 20 heavy (non-hydrogen) atoms. The number of sulfonamides is 1. The number of nitrogen functional groups attached to an aromatic ring is 1. The molecule has 1 heterocycles. The summed E-state index contributed by atoms with van der Waals surface area (Å²) in [6, 6.07) is 1.62. The van der Waals surface area contributed by atoms with E-state index in [-0.39, 0.29) is 27.6 Å². The summed E-state index contributed by atoms with van der Waals surface area (Å²) in [4.78, 5) is -0.219. The number of benzene rings is 1. The molecule has 1 aromatic rings. The van der Waals surface area contributed by atoms with Crippen molar-refractivity contribution >= 4 is 27.3 Å². The summed E-state index contributed by atoms with van der Waals surface area (Å²) >= 11 is 5.79. The lowest BCUT2D eigenvalue weighted by atomic mass is 10.0. The summed E-state index contributed by atoms with van der Waals surface area (Å²) in [6.45, 7) is 2.90. The van der Waals surface area contributed by atoms with Crippen LogP contribution in [0.2, 0.25) is 5.02 Å². The highest BCUT2D eigenvalue weighted by molar-refractivity contribution is 7.89. The Balaban J connectivity index is 2.24. The second-order valence-corrected chi connectivity index (χ2v) is 6.93. The van der Waals surface area contributed by atoms with E-state index in [0.717, 1.165) is 18.6 Å². The molecule has 0 aliphatic carbocycles. The Morgan fingerprint density at radius 3 is 2.85 bits per heavy atom. The summed E-state index contributed by atoms with van der Waals surface area (Å²) in [5, 5.41) is -0.195. The van der Waals surface area contributed by atoms with Crippen LogP contribution in [0.1, 0.15) is 13.3 Å². The Kier molecular flexibility index (Phi) is 4.53. The second-order valence-electron chi connectivity index (χ2n) is 4.84. The first-order valence-electron chi connectivity index (χ1n) is 6.16. The minimum Gasteiger partial charge on any atom is -0.396 e. The lowest BCUT2D eigenvalue weighted by Crippen LogP contribution is -2.38. The topological polar surface area (TPSA) is 81.4 Å². The van der Waals surface area contributed by atoms with Gasteiger partial charge in [0, 0.05) is 18.6 Å². The zero-order valence-electron chi connectivity index (χ0n) is 10.9. The van der Waals surface area contributed by atoms with Gasteiger partial charge in [-0.2, -0.15) is 0 Å². The minimum absolute atomic E-state index is 0.112. The van der Waals surface area contributed by atoms with Crippen molar-refractivity contribution in [1.82, 2.24) is 4.72 Å². The highest BCUT2D eigenvalue weighted by Crippen LogP contribution is 2.27. The summed E-state index contributed by atoms with van der Waals surface area (Å²) in [5.41, 5.74) is 5.14. The first kappa shape index (κ1) is 15.5. The van der Waals surface area contributed by atoms with E-state index in [1.165, 1.54) is 0 Å². The van der Waals surface area contributed by atoms with Gasteiger partial charge in [0.1, 0.15) is 10.7 Å². The number of rotatable bonds is 4. The minimum atomic E-state index is -3.85. The molecule has 0 bridgehead atoms. The summed E-state index contributed by atoms with van der Waals surface area (Å²) in [5.74, 6) is -0.632. The van der Waals surface area contributed by atoms with Crippen molar-refractivity contribution in [1.29, 1.82) is 0 Å². The molecular weight excluding hydrogens is 307 g/mol. The van der Waals surface area contributed by atoms with Gasteiger partial charge in [0.2, 0.25) is 10.0 Å². The van der Waals surface area contributed by atoms with E-state index >= 15 is 0 Å². The molecule has 1 saturated heterocycles. The van der Waals surface area contributed by atoms with E-state index in [1.807, 2.05) is 0 Å². The van der Waals surface area contributed by atoms with Gasteiger partial charge in [-0.05, 0) is 25.5 Å². The van der Waals surface area contributed by atoms with Crippen molar-refractivity contribution in [2.45, 2.75) is 24.3 Å². The van der Waals surface area contributed by atoms with Gasteiger partial charge < -0.3 is 10.5 Å². The largest absolute Gasteiger partial charge is 0.396 e. The molecular formula is C12H16ClFN2O3S. The summed E-state index contributed by atoms with van der Waals surface area (Å²) in [6.07, 6.45) is 0.795. The van der Waals surface area contributed by atoms with Crippen LogP contribution < -0.4 is 10.5 Å². The maximum absolute atomic E-state index is 13.2. The van der Waals surface area contributed by atoms with Gasteiger partial charge in [-0.25, -0.2) is 17.5 Å². The van der Waals surface area contributed by atoms with Crippen molar-refractivity contribution < 1.29 is 17.5 Å². The van der Waals surface area contributed by atoms with E-state index < -0.39 is 15.8 Å². The summed E-state index contributed by atoms with van der Waals surface area (Å²) in [7, 11) is -3.85. The third-order valence-corrected chi connectivity index (χ3v) is 5.38. The smallest absolute Gasteiger partial charge is 0.242 e. The van der Waals surface area contributed by atoms with Crippen LogP contribution in [-0.2, 0) is 14.8 Å². The first-order chi connectivity index (χ1) is 9.31. The number of halogens is 2. The average molecular weight is 323 g/mol. The quantitative estimate of drug-likeness (QED) is 0.828. The van der Waals surface area contributed by atoms with Gasteiger partial charge in [0.15, 0.2) is 0 Å². The van der Waals surface area contributed by atoms with E-state index in [0.29, 0.717) is 13.2 Å². The van der Waals surface area contributed by atoms with Crippen LogP contribution in [0.4, 0.5) is 10.1 Å². The van der Waals surface area contributed by atoms with E-state index in [1.54, 1.807) is 6.92 Å². The maximum Gasteiger partial charge on any atom is 0.242 e. The summed E-state index contributed by atoms with van der Waals surface area (Å²) < 4.78 is 45.5. The number of hydrogen-bond acceptors (Lipinski definition) is 4. The zero-order chi connectivity index (χ0) is 14.9. The van der Waals surface area contributed by atoms with Crippen molar-refractivity contribution in [3.05, 3.63) is 23.0 Å². The van der Waals surface area contributed by atoms with Crippen LogP contribution in [0, 0.1) is 11.7 Å². The molecule has 8 heteroatoms. The Hall–Kier alpha value is -0.890. The number of ether oxygens (including phenoxy) is 1. The molecule has 1 aromatic carbocycles. The van der Waals surface area contributed by atoms with Crippen molar-refractivity contribution in [2.75, 3.05) is 18.9 Å². The molecule has 1 fully saturated rings. The fourth-order valence-electron chi connectivity index (χ4n) is 2.10. The number of hydrogen-bond donors (Lipinski definition) is 2. The number of nitrogens with two attached hydrogens (primary N) is 1. The Morgan fingerprint density at radius 2 is 2.25 bits per heavy atom. The molecule has 0 saturated carbocycles. The van der Waals surface area contributed by atoms with Gasteiger partial charge in [0.05, 0.1) is 17.3 Å². The number of nitrogens with one attached hydrogen (secondary N) is 1. The van der Waals surface area contributed by atoms with Crippen LogP contribution >= 0.6 is 11.6 Å². The predicted octanol–water partition coefficient (Wildman–Crippen LogP) is 1.76. The average Bonchev–Trinajstić information content (AvgIpc) is 2.86. The van der Waals surface area contributed by atoms with E-state index in [9.17, 15) is 12.8 Å². The maximum atomic E-state index is 13.2. The Labute approximate surface area is 122 Å². The van der Waals surface area contributed by atoms with Crippen molar-refractivity contribution in [2.24, 2.45) is 5.92 Å². The van der Waals surface area contributed by atoms with E-state index in [2.05, 4.69) is 4.72 Å². The van der Waals surface area contributed by atoms with Crippen LogP contribution in [0.5, 0.6) is 0 Å². The van der Waals surface area contributed by atoms with Gasteiger partial charge in [0.25, 0.3) is 0 Å². The molecule has 2 atom stereocenters. The molecule has 2 rings (SSSR count). The van der Waals surface area contributed by atoms with Crippen LogP contribution in [0.25, 0.3) is 0 Å². The normalized spacial score (nSPS) is 21.1. The molecule has 112 valence electrons. The highest BCUT2D eigenvalue weighted by atomic mass is 35.5. The fraction of sp³-hybridized carbons (Fsp3) is 0.500. The molecule has 1 aliphatic rings. The van der Waals surface area contributed by atoms with Crippen LogP contribution in [0.3, 0.4) is 0 Å². The molecule has 2 unspecified atom stereocenters. The van der Waals surface area contributed by atoms with Crippen molar-refractivity contribution in [3.8, 4) is 0 Å². The molecule has 1 aliphatic heterocycles. The van der Waals surface area contributed by atoms with Crippen LogP contribution in [0.15, 0.2) is 17.0 Å². The SMILES string of the molecule is CC(NS(=O)(=O)c1cc(N)c(F)cc1Cl)C1CCOC1. The monoisotopic (exact) mass is 322 g/mol. The standard InChI is InChI=1S/C12H16ClFN2O3S/c1-7(8-2-3-19-6-8)16-20(17,18)12-5-11(15)10(14)4-9(12)13/h4-5,7-8,16H,2-3,6,15H2,1H3. The van der Waals surface area contributed by atoms with Crippen LogP contribution in [-0.4, -0.2) is 27.7 Å². The predicted molar refractivity (Wildman–Crippen MR) is 74.5 cm³/mol. The second kappa shape index (κ2) is 5.85. The molecule has 0 spiro atoms. The molecule has 0 amide bonds. The fourth-order valence-corrected chi connectivity index (χ4v) is 3.96.